The van der Waals surface area contributed by atoms with Crippen LogP contribution in [0.5, 0.6) is 0 Å². The van der Waals surface area contributed by atoms with E-state index < -0.39 is 5.82 Å². The van der Waals surface area contributed by atoms with Gasteiger partial charge in [0.2, 0.25) is 5.91 Å². The Morgan fingerprint density at radius 1 is 1.38 bits per heavy atom. The van der Waals surface area contributed by atoms with Gasteiger partial charge in [0, 0.05) is 30.1 Å². The van der Waals surface area contributed by atoms with Crippen molar-refractivity contribution in [1.82, 2.24) is 14.9 Å². The highest BCUT2D eigenvalue weighted by atomic mass is 19.1. The molecule has 0 aliphatic rings. The summed E-state index contributed by atoms with van der Waals surface area (Å²) >= 11 is 0. The van der Waals surface area contributed by atoms with E-state index in [1.54, 1.807) is 30.6 Å². The molecular formula is C17H17FN4O2. The van der Waals surface area contributed by atoms with Gasteiger partial charge in [0.25, 0.3) is 0 Å². The van der Waals surface area contributed by atoms with Crippen molar-refractivity contribution in [2.24, 2.45) is 0 Å². The van der Waals surface area contributed by atoms with Crippen molar-refractivity contribution in [3.05, 3.63) is 59.5 Å². The Bertz CT molecular complexity index is 836. The van der Waals surface area contributed by atoms with Crippen LogP contribution in [0.1, 0.15) is 23.4 Å². The SMILES string of the molecule is Cc1noc(C)c1CCC(=O)Nc1ccc(-n2cccn2)c(F)c1. The third-order valence-electron chi connectivity index (χ3n) is 3.77. The molecule has 3 rings (SSSR count). The van der Waals surface area contributed by atoms with Crippen LogP contribution < -0.4 is 5.32 Å². The number of amides is 1. The van der Waals surface area contributed by atoms with Crippen LogP contribution in [0.4, 0.5) is 10.1 Å². The number of carbonyl (C=O) groups excluding carboxylic acids is 1. The van der Waals surface area contributed by atoms with Gasteiger partial charge in [-0.2, -0.15) is 5.10 Å². The molecule has 0 saturated heterocycles. The molecule has 2 heterocycles. The van der Waals surface area contributed by atoms with E-state index in [-0.39, 0.29) is 12.3 Å². The van der Waals surface area contributed by atoms with Crippen molar-refractivity contribution in [2.45, 2.75) is 26.7 Å². The summed E-state index contributed by atoms with van der Waals surface area (Å²) in [7, 11) is 0. The second kappa shape index (κ2) is 6.66. The van der Waals surface area contributed by atoms with Crippen LogP contribution in [0, 0.1) is 19.7 Å². The van der Waals surface area contributed by atoms with E-state index in [0.29, 0.717) is 17.8 Å². The molecule has 1 amide bonds. The van der Waals surface area contributed by atoms with Crippen molar-refractivity contribution >= 4 is 11.6 Å². The zero-order valence-electron chi connectivity index (χ0n) is 13.4. The Labute approximate surface area is 138 Å². The number of carbonyl (C=O) groups is 1. The topological polar surface area (TPSA) is 73.0 Å². The molecule has 0 spiro atoms. The van der Waals surface area contributed by atoms with Gasteiger partial charge >= 0.3 is 0 Å². The maximum atomic E-state index is 14.1. The van der Waals surface area contributed by atoms with Crippen LogP contribution in [-0.2, 0) is 11.2 Å². The monoisotopic (exact) mass is 328 g/mol. The minimum Gasteiger partial charge on any atom is -0.361 e. The number of rotatable bonds is 5. The van der Waals surface area contributed by atoms with Gasteiger partial charge in [0.1, 0.15) is 11.4 Å². The van der Waals surface area contributed by atoms with Gasteiger partial charge in [0.05, 0.1) is 5.69 Å². The zero-order valence-corrected chi connectivity index (χ0v) is 13.4. The molecule has 24 heavy (non-hydrogen) atoms. The Balaban J connectivity index is 1.63. The molecule has 1 N–H and O–H groups in total. The molecule has 7 heteroatoms. The third kappa shape index (κ3) is 3.34. The van der Waals surface area contributed by atoms with Crippen molar-refractivity contribution < 1.29 is 13.7 Å². The second-order valence-electron chi connectivity index (χ2n) is 5.47. The number of hydrogen-bond acceptors (Lipinski definition) is 4. The van der Waals surface area contributed by atoms with Crippen molar-refractivity contribution in [3.63, 3.8) is 0 Å². The molecule has 0 saturated carbocycles. The molecule has 0 aliphatic carbocycles. The summed E-state index contributed by atoms with van der Waals surface area (Å²) in [6.07, 6.45) is 4.02. The molecule has 0 radical (unpaired) electrons. The number of aryl methyl sites for hydroxylation is 2. The number of nitrogens with zero attached hydrogens (tertiary/aromatic N) is 3. The predicted molar refractivity (Wildman–Crippen MR) is 86.4 cm³/mol. The number of aromatic nitrogens is 3. The molecule has 0 atom stereocenters. The van der Waals surface area contributed by atoms with E-state index in [1.807, 2.05) is 13.8 Å². The average Bonchev–Trinajstić information content (AvgIpc) is 3.17. The van der Waals surface area contributed by atoms with Gasteiger partial charge in [-0.3, -0.25) is 4.79 Å². The molecule has 6 nitrogen and oxygen atoms in total. The standard InChI is InChI=1S/C17H17FN4O2/c1-11-14(12(2)24-21-11)5-7-17(23)20-13-4-6-16(15(18)10-13)22-9-3-8-19-22/h3-4,6,8-10H,5,7H2,1-2H3,(H,20,23). The number of nitrogens with one attached hydrogen (secondary N) is 1. The first kappa shape index (κ1) is 15.9. The summed E-state index contributed by atoms with van der Waals surface area (Å²) < 4.78 is 20.6. The third-order valence-corrected chi connectivity index (χ3v) is 3.77. The maximum Gasteiger partial charge on any atom is 0.224 e. The number of hydrogen-bond donors (Lipinski definition) is 1. The van der Waals surface area contributed by atoms with Crippen LogP contribution in [0.2, 0.25) is 0 Å². The van der Waals surface area contributed by atoms with Crippen LogP contribution in [0.25, 0.3) is 5.69 Å². The van der Waals surface area contributed by atoms with Crippen LogP contribution in [0.3, 0.4) is 0 Å². The minimum atomic E-state index is -0.456. The van der Waals surface area contributed by atoms with Crippen molar-refractivity contribution in [3.8, 4) is 5.69 Å². The van der Waals surface area contributed by atoms with Gasteiger partial charge in [-0.15, -0.1) is 0 Å². The first-order valence-electron chi connectivity index (χ1n) is 7.56. The predicted octanol–water partition coefficient (Wildman–Crippen LogP) is 3.19. The Hall–Kier alpha value is -2.96. The first-order chi connectivity index (χ1) is 11.5. The Kier molecular flexibility index (Phi) is 4.41. The van der Waals surface area contributed by atoms with E-state index in [1.165, 1.54) is 10.7 Å². The molecule has 3 aromatic rings. The van der Waals surface area contributed by atoms with Gasteiger partial charge in [-0.1, -0.05) is 5.16 Å². The molecule has 124 valence electrons. The van der Waals surface area contributed by atoms with Gasteiger partial charge < -0.3 is 9.84 Å². The highest BCUT2D eigenvalue weighted by molar-refractivity contribution is 5.90. The maximum absolute atomic E-state index is 14.1. The van der Waals surface area contributed by atoms with E-state index in [0.717, 1.165) is 17.0 Å². The molecule has 0 aliphatic heterocycles. The highest BCUT2D eigenvalue weighted by Gasteiger charge is 2.12. The fourth-order valence-electron chi connectivity index (χ4n) is 2.50. The molecular weight excluding hydrogens is 311 g/mol. The van der Waals surface area contributed by atoms with Crippen LogP contribution in [-0.4, -0.2) is 20.8 Å². The van der Waals surface area contributed by atoms with Gasteiger partial charge in [0.15, 0.2) is 5.82 Å². The van der Waals surface area contributed by atoms with E-state index in [9.17, 15) is 9.18 Å². The zero-order chi connectivity index (χ0) is 17.1. The normalized spacial score (nSPS) is 10.8. The summed E-state index contributed by atoms with van der Waals surface area (Å²) in [6.45, 7) is 3.66. The highest BCUT2D eigenvalue weighted by Crippen LogP contribution is 2.19. The lowest BCUT2D eigenvalue weighted by molar-refractivity contribution is -0.116. The molecule has 0 fully saturated rings. The summed E-state index contributed by atoms with van der Waals surface area (Å²) in [6, 6.07) is 6.22. The summed E-state index contributed by atoms with van der Waals surface area (Å²) in [5.41, 5.74) is 2.46. The number of benzene rings is 1. The Morgan fingerprint density at radius 3 is 2.83 bits per heavy atom. The fourth-order valence-corrected chi connectivity index (χ4v) is 2.50. The molecule has 0 bridgehead atoms. The fraction of sp³-hybridized carbons (Fsp3) is 0.235. The summed E-state index contributed by atoms with van der Waals surface area (Å²) in [5.74, 6) is 0.0679. The number of halogens is 1. The van der Waals surface area contributed by atoms with E-state index in [2.05, 4.69) is 15.6 Å². The molecule has 1 aromatic carbocycles. The molecule has 0 unspecified atom stereocenters. The second-order valence-corrected chi connectivity index (χ2v) is 5.47. The smallest absolute Gasteiger partial charge is 0.224 e. The van der Waals surface area contributed by atoms with Gasteiger partial charge in [-0.05, 0) is 44.5 Å². The van der Waals surface area contributed by atoms with Crippen molar-refractivity contribution in [2.75, 3.05) is 5.32 Å². The average molecular weight is 328 g/mol. The largest absolute Gasteiger partial charge is 0.361 e. The summed E-state index contributed by atoms with van der Waals surface area (Å²) in [4.78, 5) is 12.1. The first-order valence-corrected chi connectivity index (χ1v) is 7.56. The lowest BCUT2D eigenvalue weighted by Gasteiger charge is -2.08. The van der Waals surface area contributed by atoms with Gasteiger partial charge in [-0.25, -0.2) is 9.07 Å². The lowest BCUT2D eigenvalue weighted by atomic mass is 10.1. The molecule has 2 aromatic heterocycles. The Morgan fingerprint density at radius 2 is 2.21 bits per heavy atom. The number of anilines is 1. The van der Waals surface area contributed by atoms with Crippen LogP contribution in [0.15, 0.2) is 41.2 Å². The minimum absolute atomic E-state index is 0.193. The lowest BCUT2D eigenvalue weighted by Crippen LogP contribution is -2.13. The van der Waals surface area contributed by atoms with E-state index in [4.69, 9.17) is 4.52 Å². The summed E-state index contributed by atoms with van der Waals surface area (Å²) in [5, 5.41) is 10.5. The quantitative estimate of drug-likeness (QED) is 0.780. The van der Waals surface area contributed by atoms with Crippen molar-refractivity contribution in [1.29, 1.82) is 0 Å². The van der Waals surface area contributed by atoms with Crippen LogP contribution >= 0.6 is 0 Å². The van der Waals surface area contributed by atoms with E-state index >= 15 is 0 Å².